The van der Waals surface area contributed by atoms with Crippen molar-refractivity contribution in [3.05, 3.63) is 41.5 Å². The highest BCUT2D eigenvalue weighted by molar-refractivity contribution is 7.98. The first-order valence-electron chi connectivity index (χ1n) is 9.61. The Kier molecular flexibility index (Phi) is 7.68. The lowest BCUT2D eigenvalue weighted by molar-refractivity contribution is 0.00599. The zero-order valence-electron chi connectivity index (χ0n) is 16.7. The summed E-state index contributed by atoms with van der Waals surface area (Å²) in [6.07, 6.45) is -0.0637. The van der Waals surface area contributed by atoms with E-state index in [0.29, 0.717) is 12.8 Å². The summed E-state index contributed by atoms with van der Waals surface area (Å²) in [5.41, 5.74) is 0.0978. The van der Waals surface area contributed by atoms with Gasteiger partial charge >= 0.3 is 0 Å². The van der Waals surface area contributed by atoms with Gasteiger partial charge in [-0.2, -0.15) is 4.98 Å². The van der Waals surface area contributed by atoms with Gasteiger partial charge in [0.1, 0.15) is 18.0 Å². The Morgan fingerprint density at radius 2 is 2.06 bits per heavy atom. The minimum Gasteiger partial charge on any atom is -0.472 e. The van der Waals surface area contributed by atoms with Gasteiger partial charge in [-0.15, -0.1) is 0 Å². The van der Waals surface area contributed by atoms with Crippen LogP contribution in [0.3, 0.4) is 0 Å². The van der Waals surface area contributed by atoms with E-state index in [1.165, 1.54) is 25.1 Å². The van der Waals surface area contributed by atoms with Crippen molar-refractivity contribution in [2.75, 3.05) is 11.3 Å². The Labute approximate surface area is 183 Å². The standard InChI is InChI=1S/C19H23F2N3O5S2/c1-11(15(26)9-25)29-17-8-16(24-31(27,28)13-5-3-6-13)22-19(23-17)30-10-12-4-2-7-14(20)18(12)21/h2,4,7-8,11,13,15,25-26H,3,5-6,9-10H2,1H3,(H,22,23,24)/t11-,15+/m1/s1. The normalized spacial score (nSPS) is 16.4. The summed E-state index contributed by atoms with van der Waals surface area (Å²) in [4.78, 5) is 8.30. The van der Waals surface area contributed by atoms with Crippen LogP contribution in [0.15, 0.2) is 29.4 Å². The van der Waals surface area contributed by atoms with Crippen molar-refractivity contribution in [1.82, 2.24) is 9.97 Å². The van der Waals surface area contributed by atoms with Crippen LogP contribution in [0.1, 0.15) is 31.7 Å². The molecule has 0 amide bonds. The average Bonchev–Trinajstić information content (AvgIpc) is 2.66. The zero-order chi connectivity index (χ0) is 22.6. The first kappa shape index (κ1) is 23.6. The molecule has 1 heterocycles. The van der Waals surface area contributed by atoms with Crippen molar-refractivity contribution >= 4 is 27.6 Å². The summed E-state index contributed by atoms with van der Waals surface area (Å²) in [6, 6.07) is 5.08. The van der Waals surface area contributed by atoms with E-state index >= 15 is 0 Å². The fourth-order valence-electron chi connectivity index (χ4n) is 2.71. The second-order valence-electron chi connectivity index (χ2n) is 7.15. The second-order valence-corrected chi connectivity index (χ2v) is 10.1. The molecule has 3 rings (SSSR count). The van der Waals surface area contributed by atoms with Crippen LogP contribution in [-0.2, 0) is 15.8 Å². The van der Waals surface area contributed by atoms with Gasteiger partial charge in [-0.05, 0) is 25.8 Å². The molecule has 0 spiro atoms. The average molecular weight is 476 g/mol. The van der Waals surface area contributed by atoms with E-state index in [1.54, 1.807) is 0 Å². The number of nitrogens with one attached hydrogen (secondary N) is 1. The topological polar surface area (TPSA) is 122 Å². The van der Waals surface area contributed by atoms with Gasteiger partial charge in [-0.1, -0.05) is 30.3 Å². The molecule has 3 N–H and O–H groups in total. The molecule has 0 saturated heterocycles. The van der Waals surface area contributed by atoms with E-state index in [0.717, 1.165) is 24.2 Å². The number of nitrogens with zero attached hydrogens (tertiary/aromatic N) is 2. The summed E-state index contributed by atoms with van der Waals surface area (Å²) < 4.78 is 60.2. The molecular weight excluding hydrogens is 452 g/mol. The third-order valence-corrected chi connectivity index (χ3v) is 7.58. The molecule has 2 atom stereocenters. The summed E-state index contributed by atoms with van der Waals surface area (Å²) in [5, 5.41) is 18.4. The zero-order valence-corrected chi connectivity index (χ0v) is 18.3. The number of aliphatic hydroxyl groups excluding tert-OH is 2. The molecule has 0 bridgehead atoms. The first-order chi connectivity index (χ1) is 14.7. The Morgan fingerprint density at radius 3 is 2.71 bits per heavy atom. The van der Waals surface area contributed by atoms with Crippen LogP contribution in [0.4, 0.5) is 14.6 Å². The van der Waals surface area contributed by atoms with Crippen LogP contribution in [-0.4, -0.2) is 52.7 Å². The molecule has 12 heteroatoms. The molecule has 2 aromatic rings. The van der Waals surface area contributed by atoms with Crippen LogP contribution in [0.2, 0.25) is 0 Å². The SMILES string of the molecule is C[C@@H](Oc1cc(NS(=O)(=O)C2CCC2)nc(SCc2cccc(F)c2F)n1)[C@@H](O)CO. The van der Waals surface area contributed by atoms with Crippen molar-refractivity contribution in [1.29, 1.82) is 0 Å². The highest BCUT2D eigenvalue weighted by Gasteiger charge is 2.31. The quantitative estimate of drug-likeness (QED) is 0.354. The second kappa shape index (κ2) is 10.1. The van der Waals surface area contributed by atoms with Crippen molar-refractivity contribution < 1.29 is 32.1 Å². The Hall–Kier alpha value is -2.02. The maximum atomic E-state index is 13.9. The van der Waals surface area contributed by atoms with Crippen molar-refractivity contribution in [2.45, 2.75) is 54.6 Å². The fraction of sp³-hybridized carbons (Fsp3) is 0.474. The van der Waals surface area contributed by atoms with E-state index in [2.05, 4.69) is 14.7 Å². The van der Waals surface area contributed by atoms with Crippen molar-refractivity contribution in [3.63, 3.8) is 0 Å². The molecule has 0 radical (unpaired) electrons. The van der Waals surface area contributed by atoms with Crippen LogP contribution in [0.5, 0.6) is 5.88 Å². The molecule has 0 unspecified atom stereocenters. The Bertz CT molecular complexity index is 1020. The summed E-state index contributed by atoms with van der Waals surface area (Å²) in [7, 11) is -3.64. The minimum atomic E-state index is -3.64. The molecule has 1 fully saturated rings. The number of thioether (sulfide) groups is 1. The number of benzene rings is 1. The van der Waals surface area contributed by atoms with Crippen LogP contribution in [0, 0.1) is 11.6 Å². The number of ether oxygens (including phenoxy) is 1. The lowest BCUT2D eigenvalue weighted by atomic mass is 10.0. The fourth-order valence-corrected chi connectivity index (χ4v) is 5.05. The van der Waals surface area contributed by atoms with Gasteiger partial charge in [0, 0.05) is 17.4 Å². The van der Waals surface area contributed by atoms with Crippen LogP contribution < -0.4 is 9.46 Å². The predicted octanol–water partition coefficient (Wildman–Crippen LogP) is 2.46. The molecule has 1 aromatic heterocycles. The van der Waals surface area contributed by atoms with Crippen molar-refractivity contribution in [2.24, 2.45) is 0 Å². The molecule has 0 aliphatic heterocycles. The van der Waals surface area contributed by atoms with E-state index in [1.807, 2.05) is 0 Å². The summed E-state index contributed by atoms with van der Waals surface area (Å²) in [6.45, 7) is 0.976. The highest BCUT2D eigenvalue weighted by Crippen LogP contribution is 2.30. The number of hydrogen-bond acceptors (Lipinski definition) is 8. The lowest BCUT2D eigenvalue weighted by Crippen LogP contribution is -2.34. The van der Waals surface area contributed by atoms with Gasteiger partial charge < -0.3 is 14.9 Å². The van der Waals surface area contributed by atoms with E-state index in [-0.39, 0.29) is 28.2 Å². The highest BCUT2D eigenvalue weighted by atomic mass is 32.2. The largest absolute Gasteiger partial charge is 0.472 e. The van der Waals surface area contributed by atoms with Crippen LogP contribution in [0.25, 0.3) is 0 Å². The molecule has 170 valence electrons. The van der Waals surface area contributed by atoms with Gasteiger partial charge in [0.2, 0.25) is 15.9 Å². The smallest absolute Gasteiger partial charge is 0.236 e. The molecule has 1 aromatic carbocycles. The first-order valence-corrected chi connectivity index (χ1v) is 12.1. The van der Waals surface area contributed by atoms with E-state index < -0.39 is 45.7 Å². The summed E-state index contributed by atoms with van der Waals surface area (Å²) >= 11 is 0.965. The van der Waals surface area contributed by atoms with Gasteiger partial charge in [0.25, 0.3) is 0 Å². The maximum Gasteiger partial charge on any atom is 0.236 e. The Balaban J connectivity index is 1.83. The monoisotopic (exact) mass is 475 g/mol. The number of hydrogen-bond donors (Lipinski definition) is 3. The molecular formula is C19H23F2N3O5S2. The lowest BCUT2D eigenvalue weighted by Gasteiger charge is -2.25. The van der Waals surface area contributed by atoms with Crippen molar-refractivity contribution in [3.8, 4) is 5.88 Å². The van der Waals surface area contributed by atoms with Crippen LogP contribution >= 0.6 is 11.8 Å². The number of anilines is 1. The van der Waals surface area contributed by atoms with Gasteiger partial charge in [0.15, 0.2) is 16.8 Å². The van der Waals surface area contributed by atoms with Gasteiger partial charge in [-0.3, -0.25) is 4.72 Å². The van der Waals surface area contributed by atoms with E-state index in [4.69, 9.17) is 9.84 Å². The predicted molar refractivity (Wildman–Crippen MR) is 111 cm³/mol. The third kappa shape index (κ3) is 6.03. The number of sulfonamides is 1. The number of halogens is 2. The number of aromatic nitrogens is 2. The molecule has 1 saturated carbocycles. The van der Waals surface area contributed by atoms with Gasteiger partial charge in [-0.25, -0.2) is 22.2 Å². The molecule has 8 nitrogen and oxygen atoms in total. The molecule has 1 aliphatic carbocycles. The summed E-state index contributed by atoms with van der Waals surface area (Å²) in [5.74, 6) is -2.03. The minimum absolute atomic E-state index is 0.00329. The van der Waals surface area contributed by atoms with E-state index in [9.17, 15) is 22.3 Å². The Morgan fingerprint density at radius 1 is 1.32 bits per heavy atom. The van der Waals surface area contributed by atoms with Gasteiger partial charge in [0.05, 0.1) is 11.9 Å². The third-order valence-electron chi connectivity index (χ3n) is 4.84. The number of aliphatic hydroxyl groups is 2. The molecule has 1 aliphatic rings. The maximum absolute atomic E-state index is 13.9. The molecule has 31 heavy (non-hydrogen) atoms. The number of rotatable bonds is 10.